The highest BCUT2D eigenvalue weighted by atomic mass is 19.4. The Bertz CT molecular complexity index is 1010. The first kappa shape index (κ1) is 21.7. The summed E-state index contributed by atoms with van der Waals surface area (Å²) in [6.45, 7) is 7.28. The first-order chi connectivity index (χ1) is 14.9. The maximum atomic E-state index is 12.5. The molecule has 2 aromatic carbocycles. The molecule has 0 saturated carbocycles. The van der Waals surface area contributed by atoms with Crippen molar-refractivity contribution in [2.24, 2.45) is 0 Å². The van der Waals surface area contributed by atoms with Crippen molar-refractivity contribution in [1.82, 2.24) is 9.47 Å². The molecule has 1 aliphatic rings. The average molecular weight is 432 g/mol. The molecule has 2 heterocycles. The van der Waals surface area contributed by atoms with Gasteiger partial charge in [0.2, 0.25) is 0 Å². The second kappa shape index (κ2) is 9.32. The molecule has 7 heteroatoms. The van der Waals surface area contributed by atoms with Crippen molar-refractivity contribution in [2.75, 3.05) is 26.3 Å². The maximum absolute atomic E-state index is 12.5. The zero-order valence-electron chi connectivity index (χ0n) is 17.6. The summed E-state index contributed by atoms with van der Waals surface area (Å²) in [5, 5.41) is 1.12. The maximum Gasteiger partial charge on any atom is 0.573 e. The number of unbranched alkanes of at least 4 members (excludes halogenated alkanes) is 1. The van der Waals surface area contributed by atoms with Crippen molar-refractivity contribution in [3.63, 3.8) is 0 Å². The first-order valence-electron chi connectivity index (χ1n) is 10.7. The standard InChI is InChI=1S/C24H27F3N2O2/c1-2-3-10-29-17-22(19-5-7-20(8-6-19)31-24(25,26)27)21-15-18(4-9-23(21)29)16-28-11-13-30-14-12-28/h4-9,15,17H,2-3,10-14,16H2,1H3. The Labute approximate surface area is 180 Å². The van der Waals surface area contributed by atoms with Crippen molar-refractivity contribution in [3.8, 4) is 16.9 Å². The zero-order chi connectivity index (χ0) is 21.8. The molecule has 0 atom stereocenters. The quantitative estimate of drug-likeness (QED) is 0.469. The molecular weight excluding hydrogens is 405 g/mol. The van der Waals surface area contributed by atoms with Crippen molar-refractivity contribution in [3.05, 3.63) is 54.2 Å². The summed E-state index contributed by atoms with van der Waals surface area (Å²) in [5.74, 6) is -0.209. The number of hydrogen-bond acceptors (Lipinski definition) is 3. The number of aryl methyl sites for hydroxylation is 1. The van der Waals surface area contributed by atoms with Crippen LogP contribution in [0.1, 0.15) is 25.3 Å². The molecule has 0 aliphatic carbocycles. The van der Waals surface area contributed by atoms with Crippen LogP contribution in [0.4, 0.5) is 13.2 Å². The van der Waals surface area contributed by atoms with Gasteiger partial charge in [-0.1, -0.05) is 31.5 Å². The first-order valence-corrected chi connectivity index (χ1v) is 10.7. The van der Waals surface area contributed by atoms with Crippen LogP contribution in [0.3, 0.4) is 0 Å². The predicted octanol–water partition coefficient (Wildman–Crippen LogP) is 5.84. The number of aromatic nitrogens is 1. The Morgan fingerprint density at radius 3 is 2.45 bits per heavy atom. The summed E-state index contributed by atoms with van der Waals surface area (Å²) in [5.41, 5.74) is 4.26. The van der Waals surface area contributed by atoms with Gasteiger partial charge < -0.3 is 14.0 Å². The summed E-state index contributed by atoms with van der Waals surface area (Å²) >= 11 is 0. The van der Waals surface area contributed by atoms with E-state index < -0.39 is 6.36 Å². The van der Waals surface area contributed by atoms with Gasteiger partial charge in [0.15, 0.2) is 0 Å². The fourth-order valence-corrected chi connectivity index (χ4v) is 4.04. The van der Waals surface area contributed by atoms with Gasteiger partial charge in [-0.3, -0.25) is 4.90 Å². The highest BCUT2D eigenvalue weighted by Gasteiger charge is 2.31. The van der Waals surface area contributed by atoms with Crippen LogP contribution in [0.5, 0.6) is 5.75 Å². The number of nitrogens with zero attached hydrogens (tertiary/aromatic N) is 2. The molecule has 31 heavy (non-hydrogen) atoms. The van der Waals surface area contributed by atoms with Crippen LogP contribution in [0.2, 0.25) is 0 Å². The number of ether oxygens (including phenoxy) is 2. The zero-order valence-corrected chi connectivity index (χ0v) is 17.6. The lowest BCUT2D eigenvalue weighted by atomic mass is 10.0. The Balaban J connectivity index is 1.67. The van der Waals surface area contributed by atoms with E-state index >= 15 is 0 Å². The highest BCUT2D eigenvalue weighted by Crippen LogP contribution is 2.34. The third-order valence-corrected chi connectivity index (χ3v) is 5.61. The molecule has 166 valence electrons. The molecule has 0 amide bonds. The van der Waals surface area contributed by atoms with Crippen LogP contribution in [0.15, 0.2) is 48.7 Å². The van der Waals surface area contributed by atoms with E-state index in [-0.39, 0.29) is 5.75 Å². The van der Waals surface area contributed by atoms with Crippen molar-refractivity contribution >= 4 is 10.9 Å². The molecule has 0 radical (unpaired) electrons. The number of fused-ring (bicyclic) bond motifs is 1. The van der Waals surface area contributed by atoms with Crippen LogP contribution in [-0.4, -0.2) is 42.1 Å². The van der Waals surface area contributed by atoms with E-state index in [1.807, 2.05) is 0 Å². The van der Waals surface area contributed by atoms with Gasteiger partial charge in [-0.05, 0) is 41.8 Å². The number of rotatable bonds is 7. The summed E-state index contributed by atoms with van der Waals surface area (Å²) in [7, 11) is 0. The molecular formula is C24H27F3N2O2. The van der Waals surface area contributed by atoms with E-state index in [0.717, 1.165) is 74.3 Å². The second-order valence-corrected chi connectivity index (χ2v) is 7.90. The van der Waals surface area contributed by atoms with E-state index in [4.69, 9.17) is 4.74 Å². The number of morpholine rings is 1. The Hall–Kier alpha value is -2.51. The Kier molecular flexibility index (Phi) is 6.53. The fourth-order valence-electron chi connectivity index (χ4n) is 4.04. The van der Waals surface area contributed by atoms with Crippen molar-refractivity contribution in [1.29, 1.82) is 0 Å². The smallest absolute Gasteiger partial charge is 0.406 e. The van der Waals surface area contributed by atoms with Crippen LogP contribution in [-0.2, 0) is 17.8 Å². The lowest BCUT2D eigenvalue weighted by Gasteiger charge is -2.26. The summed E-state index contributed by atoms with van der Waals surface area (Å²) < 4.78 is 49.2. The monoisotopic (exact) mass is 432 g/mol. The minimum absolute atomic E-state index is 0.209. The third kappa shape index (κ3) is 5.40. The number of hydrogen-bond donors (Lipinski definition) is 0. The van der Waals surface area contributed by atoms with Gasteiger partial charge in [-0.15, -0.1) is 13.2 Å². The number of alkyl halides is 3. The van der Waals surface area contributed by atoms with Crippen LogP contribution < -0.4 is 4.74 Å². The normalized spacial score (nSPS) is 15.5. The van der Waals surface area contributed by atoms with Gasteiger partial charge in [0.05, 0.1) is 13.2 Å². The molecule has 1 saturated heterocycles. The van der Waals surface area contributed by atoms with Crippen LogP contribution in [0, 0.1) is 0 Å². The minimum atomic E-state index is -4.69. The van der Waals surface area contributed by atoms with Gasteiger partial charge in [0.1, 0.15) is 5.75 Å². The van der Waals surface area contributed by atoms with Crippen LogP contribution >= 0.6 is 0 Å². The Morgan fingerprint density at radius 1 is 1.03 bits per heavy atom. The molecule has 1 aromatic heterocycles. The minimum Gasteiger partial charge on any atom is -0.406 e. The molecule has 4 nitrogen and oxygen atoms in total. The van der Waals surface area contributed by atoms with Gasteiger partial charge in [-0.2, -0.15) is 0 Å². The molecule has 1 aliphatic heterocycles. The summed E-state index contributed by atoms with van der Waals surface area (Å²) in [6, 6.07) is 12.7. The summed E-state index contributed by atoms with van der Waals surface area (Å²) in [4.78, 5) is 2.38. The largest absolute Gasteiger partial charge is 0.573 e. The SMILES string of the molecule is CCCCn1cc(-c2ccc(OC(F)(F)F)cc2)c2cc(CN3CCOCC3)ccc21. The van der Waals surface area contributed by atoms with Gasteiger partial charge in [0.25, 0.3) is 0 Å². The molecule has 1 fully saturated rings. The molecule has 0 N–H and O–H groups in total. The number of halogens is 3. The second-order valence-electron chi connectivity index (χ2n) is 7.90. The predicted molar refractivity (Wildman–Crippen MR) is 115 cm³/mol. The van der Waals surface area contributed by atoms with E-state index in [9.17, 15) is 13.2 Å². The topological polar surface area (TPSA) is 26.6 Å². The highest BCUT2D eigenvalue weighted by molar-refractivity contribution is 5.96. The van der Waals surface area contributed by atoms with Crippen LogP contribution in [0.25, 0.3) is 22.0 Å². The van der Waals surface area contributed by atoms with Crippen molar-refractivity contribution < 1.29 is 22.6 Å². The summed E-state index contributed by atoms with van der Waals surface area (Å²) in [6.07, 6.45) is -0.421. The molecule has 3 aromatic rings. The van der Waals surface area contributed by atoms with Gasteiger partial charge in [0, 0.05) is 48.8 Å². The third-order valence-electron chi connectivity index (χ3n) is 5.61. The molecule has 0 bridgehead atoms. The average Bonchev–Trinajstić information content (AvgIpc) is 3.10. The van der Waals surface area contributed by atoms with E-state index in [2.05, 4.69) is 45.5 Å². The molecule has 0 unspecified atom stereocenters. The number of benzene rings is 2. The van der Waals surface area contributed by atoms with Gasteiger partial charge >= 0.3 is 6.36 Å². The van der Waals surface area contributed by atoms with E-state index in [0.29, 0.717) is 0 Å². The Morgan fingerprint density at radius 2 is 1.77 bits per heavy atom. The van der Waals surface area contributed by atoms with E-state index in [1.165, 1.54) is 17.7 Å². The van der Waals surface area contributed by atoms with Crippen molar-refractivity contribution in [2.45, 2.75) is 39.2 Å². The molecule has 0 spiro atoms. The van der Waals surface area contributed by atoms with Gasteiger partial charge in [-0.25, -0.2) is 0 Å². The van der Waals surface area contributed by atoms with E-state index in [1.54, 1.807) is 12.1 Å². The lowest BCUT2D eigenvalue weighted by Crippen LogP contribution is -2.35. The molecule has 4 rings (SSSR count). The fraction of sp³-hybridized carbons (Fsp3) is 0.417. The lowest BCUT2D eigenvalue weighted by molar-refractivity contribution is -0.274.